The Bertz CT molecular complexity index is 1270. The molecule has 1 saturated heterocycles. The fraction of sp³-hybridized carbons (Fsp3) is 0.348. The second-order valence-corrected chi connectivity index (χ2v) is 10.1. The molecular weight excluding hydrogens is 448 g/mol. The number of ether oxygens (including phenoxy) is 1. The lowest BCUT2D eigenvalue weighted by Gasteiger charge is -2.39. The van der Waals surface area contributed by atoms with Gasteiger partial charge in [0.25, 0.3) is 21.9 Å². The van der Waals surface area contributed by atoms with E-state index in [1.807, 2.05) is 0 Å². The van der Waals surface area contributed by atoms with Gasteiger partial charge in [-0.25, -0.2) is 0 Å². The van der Waals surface area contributed by atoms with Gasteiger partial charge in [0, 0.05) is 17.5 Å². The smallest absolute Gasteiger partial charge is 0.269 e. The summed E-state index contributed by atoms with van der Waals surface area (Å²) in [7, 11) is -4.12. The molecule has 0 spiro atoms. The van der Waals surface area contributed by atoms with Crippen LogP contribution in [-0.2, 0) is 38.6 Å². The molecule has 2 heterocycles. The van der Waals surface area contributed by atoms with Crippen LogP contribution in [0, 0.1) is 6.92 Å². The third-order valence-electron chi connectivity index (χ3n) is 6.24. The first-order chi connectivity index (χ1) is 15.5. The maximum absolute atomic E-state index is 13.1. The summed E-state index contributed by atoms with van der Waals surface area (Å²) in [5, 5.41) is 2.32. The van der Waals surface area contributed by atoms with Gasteiger partial charge in [0.05, 0.1) is 6.54 Å². The molecule has 0 saturated carbocycles. The van der Waals surface area contributed by atoms with Crippen LogP contribution < -0.4 is 10.1 Å². The molecule has 1 fully saturated rings. The van der Waals surface area contributed by atoms with Crippen LogP contribution in [0.1, 0.15) is 52.4 Å². The van der Waals surface area contributed by atoms with Crippen molar-refractivity contribution in [2.45, 2.75) is 51.1 Å². The lowest BCUT2D eigenvalue weighted by atomic mass is 9.89. The van der Waals surface area contributed by atoms with E-state index in [-0.39, 0.29) is 37.8 Å². The Balaban J connectivity index is 1.52. The van der Waals surface area contributed by atoms with Crippen LogP contribution in [0.15, 0.2) is 36.4 Å². The molecule has 9 nitrogen and oxygen atoms in total. The number of fused-ring (bicyclic) bond motifs is 1. The Kier molecular flexibility index (Phi) is 5.75. The number of carbonyl (C=O) groups is 3. The molecule has 1 atom stereocenters. The van der Waals surface area contributed by atoms with Crippen molar-refractivity contribution in [2.75, 3.05) is 0 Å². The third-order valence-corrected chi connectivity index (χ3v) is 6.92. The number of imide groups is 1. The molecule has 0 radical (unpaired) electrons. The number of benzene rings is 2. The predicted octanol–water partition coefficient (Wildman–Crippen LogP) is 2.11. The topological polar surface area (TPSA) is 130 Å². The molecule has 2 aromatic rings. The summed E-state index contributed by atoms with van der Waals surface area (Å²) in [6.45, 7) is 3.79. The van der Waals surface area contributed by atoms with Gasteiger partial charge in [0.15, 0.2) is 0 Å². The zero-order valence-corrected chi connectivity index (χ0v) is 19.1. The number of aryl methyl sites for hydroxylation is 1. The van der Waals surface area contributed by atoms with Gasteiger partial charge in [-0.3, -0.25) is 24.3 Å². The lowest BCUT2D eigenvalue weighted by Crippen LogP contribution is -2.61. The summed E-state index contributed by atoms with van der Waals surface area (Å²) in [5.41, 5.74) is 2.01. The van der Waals surface area contributed by atoms with Crippen LogP contribution in [0.3, 0.4) is 0 Å². The van der Waals surface area contributed by atoms with Crippen molar-refractivity contribution in [1.29, 1.82) is 0 Å². The summed E-state index contributed by atoms with van der Waals surface area (Å²) < 4.78 is 37.3. The van der Waals surface area contributed by atoms with Crippen molar-refractivity contribution in [3.63, 3.8) is 0 Å². The van der Waals surface area contributed by atoms with Crippen molar-refractivity contribution in [3.05, 3.63) is 64.2 Å². The zero-order valence-electron chi connectivity index (χ0n) is 18.3. The summed E-state index contributed by atoms with van der Waals surface area (Å²) in [4.78, 5) is 38.7. The Morgan fingerprint density at radius 1 is 1.18 bits per heavy atom. The maximum Gasteiger partial charge on any atom is 0.269 e. The Hall–Kier alpha value is -3.24. The van der Waals surface area contributed by atoms with Crippen molar-refractivity contribution in [1.82, 2.24) is 10.2 Å². The van der Waals surface area contributed by atoms with Gasteiger partial charge in [-0.1, -0.05) is 24.3 Å². The first kappa shape index (κ1) is 22.9. The van der Waals surface area contributed by atoms with E-state index in [1.54, 1.807) is 50.2 Å². The highest BCUT2D eigenvalue weighted by atomic mass is 32.2. The highest BCUT2D eigenvalue weighted by Gasteiger charge is 2.49. The third kappa shape index (κ3) is 4.49. The minimum atomic E-state index is -4.12. The molecule has 0 bridgehead atoms. The number of carbonyl (C=O) groups excluding carboxylic acids is 3. The van der Waals surface area contributed by atoms with Crippen molar-refractivity contribution in [3.8, 4) is 5.75 Å². The van der Waals surface area contributed by atoms with Gasteiger partial charge in [0.2, 0.25) is 5.91 Å². The molecule has 0 aliphatic carbocycles. The maximum atomic E-state index is 13.1. The molecule has 2 aromatic carbocycles. The minimum absolute atomic E-state index is 0.165. The summed E-state index contributed by atoms with van der Waals surface area (Å²) in [6.07, 6.45) is 0.418. The van der Waals surface area contributed by atoms with Crippen LogP contribution >= 0.6 is 0 Å². The molecule has 33 heavy (non-hydrogen) atoms. The Labute approximate surface area is 191 Å². The van der Waals surface area contributed by atoms with Gasteiger partial charge >= 0.3 is 0 Å². The minimum Gasteiger partial charge on any atom is -0.489 e. The number of nitrogens with zero attached hydrogens (tertiary/aromatic N) is 1. The first-order valence-electron chi connectivity index (χ1n) is 10.4. The number of piperidine rings is 1. The van der Waals surface area contributed by atoms with E-state index in [4.69, 9.17) is 9.29 Å². The molecule has 2 aliphatic heterocycles. The van der Waals surface area contributed by atoms with E-state index in [2.05, 4.69) is 5.32 Å². The highest BCUT2D eigenvalue weighted by Crippen LogP contribution is 2.38. The van der Waals surface area contributed by atoms with Crippen LogP contribution in [0.4, 0.5) is 0 Å². The van der Waals surface area contributed by atoms with Crippen LogP contribution in [-0.4, -0.2) is 41.1 Å². The Morgan fingerprint density at radius 2 is 1.94 bits per heavy atom. The summed E-state index contributed by atoms with van der Waals surface area (Å²) in [5.74, 6) is -1.06. The fourth-order valence-electron chi connectivity index (χ4n) is 4.26. The molecular formula is C23H24N2O7S. The van der Waals surface area contributed by atoms with E-state index >= 15 is 0 Å². The van der Waals surface area contributed by atoms with Gasteiger partial charge in [-0.2, -0.15) is 8.42 Å². The standard InChI is InChI=1S/C23H24N2O7S/c1-14-10-15(6-7-16(14)13-33(29,30)31)12-32-19-5-3-4-17-18(19)11-25(21(17)27)23(2)9-8-20(26)24-22(23)28/h3-7,10H,8-9,11-13H2,1-2H3,(H,24,26,28)(H,29,30,31)/t23-/m0/s1. The van der Waals surface area contributed by atoms with E-state index < -0.39 is 27.3 Å². The summed E-state index contributed by atoms with van der Waals surface area (Å²) in [6, 6.07) is 10.3. The average Bonchev–Trinajstić information content (AvgIpc) is 3.08. The van der Waals surface area contributed by atoms with E-state index in [0.717, 1.165) is 5.56 Å². The number of nitrogens with one attached hydrogen (secondary N) is 1. The van der Waals surface area contributed by atoms with Gasteiger partial charge in [-0.15, -0.1) is 0 Å². The normalized spacial score (nSPS) is 20.6. The van der Waals surface area contributed by atoms with Gasteiger partial charge in [-0.05, 0) is 49.1 Å². The molecule has 174 valence electrons. The second-order valence-electron chi connectivity index (χ2n) is 8.60. The second kappa shape index (κ2) is 8.27. The quantitative estimate of drug-likeness (QED) is 0.486. The molecule has 2 aliphatic rings. The van der Waals surface area contributed by atoms with Gasteiger partial charge < -0.3 is 9.64 Å². The number of hydrogen-bond acceptors (Lipinski definition) is 6. The fourth-order valence-corrected chi connectivity index (χ4v) is 4.97. The molecule has 4 rings (SSSR count). The molecule has 0 aromatic heterocycles. The first-order valence-corrected chi connectivity index (χ1v) is 12.0. The van der Waals surface area contributed by atoms with Crippen molar-refractivity contribution in [2.24, 2.45) is 0 Å². The van der Waals surface area contributed by atoms with E-state index in [9.17, 15) is 22.8 Å². The highest BCUT2D eigenvalue weighted by molar-refractivity contribution is 7.85. The number of amides is 3. The van der Waals surface area contributed by atoms with Crippen molar-refractivity contribution >= 4 is 27.8 Å². The lowest BCUT2D eigenvalue weighted by molar-refractivity contribution is -0.142. The van der Waals surface area contributed by atoms with Crippen LogP contribution in [0.25, 0.3) is 0 Å². The van der Waals surface area contributed by atoms with Crippen molar-refractivity contribution < 1.29 is 32.1 Å². The average molecular weight is 473 g/mol. The Morgan fingerprint density at radius 3 is 2.61 bits per heavy atom. The van der Waals surface area contributed by atoms with Crippen LogP contribution in [0.2, 0.25) is 0 Å². The largest absolute Gasteiger partial charge is 0.489 e. The monoisotopic (exact) mass is 472 g/mol. The summed E-state index contributed by atoms with van der Waals surface area (Å²) >= 11 is 0. The predicted molar refractivity (Wildman–Crippen MR) is 118 cm³/mol. The number of hydrogen-bond donors (Lipinski definition) is 2. The zero-order chi connectivity index (χ0) is 24.0. The number of rotatable bonds is 6. The van der Waals surface area contributed by atoms with Crippen LogP contribution in [0.5, 0.6) is 5.75 Å². The van der Waals surface area contributed by atoms with Gasteiger partial charge in [0.1, 0.15) is 23.6 Å². The molecule has 2 N–H and O–H groups in total. The molecule has 10 heteroatoms. The van der Waals surface area contributed by atoms with E-state index in [0.29, 0.717) is 28.0 Å². The molecule has 3 amide bonds. The van der Waals surface area contributed by atoms with E-state index in [1.165, 1.54) is 4.90 Å². The SMILES string of the molecule is Cc1cc(COc2cccc3c2CN([C@@]2(C)CCC(=O)NC2=O)C3=O)ccc1CS(=O)(=O)O. The molecule has 0 unspecified atom stereocenters.